The van der Waals surface area contributed by atoms with E-state index in [4.69, 9.17) is 4.98 Å². The lowest BCUT2D eigenvalue weighted by molar-refractivity contribution is 1.22. The molecule has 0 unspecified atom stereocenters. The van der Waals surface area contributed by atoms with Crippen LogP contribution in [0.4, 0.5) is 11.4 Å². The zero-order valence-corrected chi connectivity index (χ0v) is 18.7. The van der Waals surface area contributed by atoms with Crippen LogP contribution in [0.5, 0.6) is 0 Å². The van der Waals surface area contributed by atoms with Gasteiger partial charge in [-0.15, -0.1) is 0 Å². The van der Waals surface area contributed by atoms with E-state index in [1.807, 2.05) is 30.6 Å². The third-order valence-electron chi connectivity index (χ3n) is 6.00. The number of thioether (sulfide) groups is 1. The van der Waals surface area contributed by atoms with Crippen LogP contribution >= 0.6 is 11.8 Å². The third kappa shape index (κ3) is 3.25. The van der Waals surface area contributed by atoms with Crippen LogP contribution in [0.25, 0.3) is 39.6 Å². The zero-order chi connectivity index (χ0) is 22.5. The minimum absolute atomic E-state index is 0.848. The Balaban J connectivity index is 1.19. The van der Waals surface area contributed by atoms with Gasteiger partial charge in [-0.3, -0.25) is 9.97 Å². The van der Waals surface area contributed by atoms with E-state index in [1.54, 1.807) is 24.2 Å². The fourth-order valence-corrected chi connectivity index (χ4v) is 5.21. The SMILES string of the molecule is C1=Cc2ccncc2SC1=C1Nc2ccc(-c3ccc4nc(-c5ccncc5)[nH]c4c3)cc2N1. The second-order valence-electron chi connectivity index (χ2n) is 8.15. The molecule has 5 heterocycles. The quantitative estimate of drug-likeness (QED) is 0.280. The summed E-state index contributed by atoms with van der Waals surface area (Å²) in [6, 6.07) is 18.7. The van der Waals surface area contributed by atoms with E-state index in [9.17, 15) is 0 Å². The number of nitrogens with one attached hydrogen (secondary N) is 3. The van der Waals surface area contributed by atoms with Gasteiger partial charge in [-0.05, 0) is 65.2 Å². The molecule has 34 heavy (non-hydrogen) atoms. The molecular weight excluding hydrogens is 440 g/mol. The van der Waals surface area contributed by atoms with Gasteiger partial charge in [0.1, 0.15) is 11.6 Å². The van der Waals surface area contributed by atoms with Gasteiger partial charge in [0, 0.05) is 35.2 Å². The minimum atomic E-state index is 0.848. The Morgan fingerprint density at radius 2 is 1.53 bits per heavy atom. The number of benzene rings is 2. The fraction of sp³-hybridized carbons (Fsp3) is 0. The molecule has 0 atom stereocenters. The summed E-state index contributed by atoms with van der Waals surface area (Å²) in [7, 11) is 0. The van der Waals surface area contributed by atoms with Crippen molar-refractivity contribution in [2.24, 2.45) is 0 Å². The van der Waals surface area contributed by atoms with E-state index in [2.05, 4.69) is 74.1 Å². The average molecular weight is 459 g/mol. The highest BCUT2D eigenvalue weighted by atomic mass is 32.2. The number of H-pyrrole nitrogens is 1. The number of allylic oxidation sites excluding steroid dienone is 1. The maximum absolute atomic E-state index is 4.73. The molecule has 0 saturated carbocycles. The number of aromatic nitrogens is 4. The minimum Gasteiger partial charge on any atom is -0.339 e. The molecule has 3 aromatic heterocycles. The van der Waals surface area contributed by atoms with E-state index in [0.29, 0.717) is 0 Å². The molecule has 0 aliphatic carbocycles. The van der Waals surface area contributed by atoms with Gasteiger partial charge in [-0.2, -0.15) is 0 Å². The molecule has 0 amide bonds. The fourth-order valence-electron chi connectivity index (χ4n) is 4.26. The highest BCUT2D eigenvalue weighted by Gasteiger charge is 2.20. The standard InChI is InChI=1S/C27H18N6S/c1-4-20-22(32-26(30-20)17-8-10-28-11-9-17)13-18(1)19-2-5-21-23(14-19)33-27(31-21)24-6-3-16-7-12-29-15-25(16)34-24/h1-15,31,33H,(H,30,32). The number of imidazole rings is 1. The molecule has 0 radical (unpaired) electrons. The molecule has 0 spiro atoms. The molecule has 2 aliphatic heterocycles. The van der Waals surface area contributed by atoms with E-state index in [0.717, 1.165) is 60.5 Å². The van der Waals surface area contributed by atoms with Gasteiger partial charge in [0.25, 0.3) is 0 Å². The molecule has 0 saturated heterocycles. The maximum atomic E-state index is 4.73. The van der Waals surface area contributed by atoms with E-state index < -0.39 is 0 Å². The van der Waals surface area contributed by atoms with Crippen molar-refractivity contribution in [3.63, 3.8) is 0 Å². The number of hydrogen-bond donors (Lipinski definition) is 3. The van der Waals surface area contributed by atoms with Gasteiger partial charge < -0.3 is 15.6 Å². The van der Waals surface area contributed by atoms with E-state index >= 15 is 0 Å². The molecule has 3 N–H and O–H groups in total. The van der Waals surface area contributed by atoms with Gasteiger partial charge in [0.15, 0.2) is 0 Å². The van der Waals surface area contributed by atoms with Crippen LogP contribution in [0.2, 0.25) is 0 Å². The smallest absolute Gasteiger partial charge is 0.138 e. The third-order valence-corrected chi connectivity index (χ3v) is 7.13. The number of hydrogen-bond acceptors (Lipinski definition) is 6. The van der Waals surface area contributed by atoms with Crippen LogP contribution in [0.15, 0.2) is 101 Å². The Kier molecular flexibility index (Phi) is 4.28. The number of pyridine rings is 2. The normalized spacial score (nSPS) is 16.1. The number of rotatable bonds is 2. The molecule has 0 fully saturated rings. The number of aromatic amines is 1. The second kappa shape index (κ2) is 7.60. The molecule has 2 aliphatic rings. The average Bonchev–Trinajstić information content (AvgIpc) is 3.52. The first-order chi connectivity index (χ1) is 16.8. The summed E-state index contributed by atoms with van der Waals surface area (Å²) < 4.78 is 0. The van der Waals surface area contributed by atoms with Gasteiger partial charge in [0.2, 0.25) is 0 Å². The van der Waals surface area contributed by atoms with Crippen molar-refractivity contribution in [2.75, 3.05) is 10.6 Å². The van der Waals surface area contributed by atoms with Gasteiger partial charge in [0.05, 0.1) is 27.3 Å². The van der Waals surface area contributed by atoms with Crippen LogP contribution in [0, 0.1) is 0 Å². The van der Waals surface area contributed by atoms with Crippen LogP contribution in [-0.4, -0.2) is 19.9 Å². The van der Waals surface area contributed by atoms with Crippen molar-refractivity contribution in [3.05, 3.63) is 102 Å². The summed E-state index contributed by atoms with van der Waals surface area (Å²) in [5, 5.41) is 7.08. The van der Waals surface area contributed by atoms with Crippen LogP contribution < -0.4 is 10.6 Å². The highest BCUT2D eigenvalue weighted by Crippen LogP contribution is 2.41. The lowest BCUT2D eigenvalue weighted by Gasteiger charge is -2.14. The first-order valence-electron chi connectivity index (χ1n) is 10.9. The monoisotopic (exact) mass is 458 g/mol. The number of anilines is 2. The summed E-state index contributed by atoms with van der Waals surface area (Å²) >= 11 is 1.72. The lowest BCUT2D eigenvalue weighted by atomic mass is 10.0. The van der Waals surface area contributed by atoms with Crippen LogP contribution in [0.1, 0.15) is 5.56 Å². The Morgan fingerprint density at radius 3 is 2.47 bits per heavy atom. The Morgan fingerprint density at radius 1 is 0.706 bits per heavy atom. The molecule has 7 rings (SSSR count). The van der Waals surface area contributed by atoms with E-state index in [-0.39, 0.29) is 0 Å². The van der Waals surface area contributed by atoms with Crippen molar-refractivity contribution in [2.45, 2.75) is 4.90 Å². The molecule has 0 bridgehead atoms. The molecule has 162 valence electrons. The largest absolute Gasteiger partial charge is 0.339 e. The molecule has 6 nitrogen and oxygen atoms in total. The topological polar surface area (TPSA) is 78.5 Å². The number of nitrogens with zero attached hydrogens (tertiary/aromatic N) is 3. The van der Waals surface area contributed by atoms with Crippen molar-refractivity contribution in [3.8, 4) is 22.5 Å². The Bertz CT molecular complexity index is 1630. The lowest BCUT2D eigenvalue weighted by Crippen LogP contribution is -2.03. The van der Waals surface area contributed by atoms with Crippen LogP contribution in [-0.2, 0) is 0 Å². The van der Waals surface area contributed by atoms with Crippen LogP contribution in [0.3, 0.4) is 0 Å². The van der Waals surface area contributed by atoms with Gasteiger partial charge >= 0.3 is 0 Å². The van der Waals surface area contributed by atoms with Crippen molar-refractivity contribution < 1.29 is 0 Å². The predicted octanol–water partition coefficient (Wildman–Crippen LogP) is 6.51. The number of fused-ring (bicyclic) bond motifs is 3. The van der Waals surface area contributed by atoms with Crippen molar-refractivity contribution in [1.29, 1.82) is 0 Å². The molecule has 5 aromatic rings. The molecule has 7 heteroatoms. The van der Waals surface area contributed by atoms with Gasteiger partial charge in [-0.25, -0.2) is 4.98 Å². The summed E-state index contributed by atoms with van der Waals surface area (Å²) in [6.07, 6.45) is 11.6. The van der Waals surface area contributed by atoms with E-state index in [1.165, 1.54) is 5.56 Å². The zero-order valence-electron chi connectivity index (χ0n) is 17.9. The predicted molar refractivity (Wildman–Crippen MR) is 138 cm³/mol. The Labute approximate surface area is 199 Å². The highest BCUT2D eigenvalue weighted by molar-refractivity contribution is 8.03. The second-order valence-corrected chi connectivity index (χ2v) is 9.24. The van der Waals surface area contributed by atoms with Gasteiger partial charge in [-0.1, -0.05) is 30.0 Å². The maximum Gasteiger partial charge on any atom is 0.138 e. The molecule has 2 aromatic carbocycles. The van der Waals surface area contributed by atoms with Crippen molar-refractivity contribution >= 4 is 40.2 Å². The summed E-state index contributed by atoms with van der Waals surface area (Å²) in [6.45, 7) is 0. The summed E-state index contributed by atoms with van der Waals surface area (Å²) in [5.74, 6) is 1.84. The first-order valence-corrected chi connectivity index (χ1v) is 11.7. The Hall–Kier alpha value is -4.36. The summed E-state index contributed by atoms with van der Waals surface area (Å²) in [5.41, 5.74) is 8.58. The summed E-state index contributed by atoms with van der Waals surface area (Å²) in [4.78, 5) is 18.8. The molecular formula is C27H18N6S. The first kappa shape index (κ1) is 19.1. The van der Waals surface area contributed by atoms with Crippen molar-refractivity contribution in [1.82, 2.24) is 19.9 Å².